The number of benzene rings is 1. The van der Waals surface area contributed by atoms with E-state index in [0.717, 1.165) is 18.8 Å². The molecular formula is C18H24N6O2S. The van der Waals surface area contributed by atoms with Crippen molar-refractivity contribution in [2.75, 3.05) is 55.5 Å². The van der Waals surface area contributed by atoms with Gasteiger partial charge in [0.25, 0.3) is 0 Å². The number of morpholine rings is 1. The van der Waals surface area contributed by atoms with Crippen LogP contribution >= 0.6 is 11.8 Å². The Balaban J connectivity index is 1.74. The number of nitrogens with zero attached hydrogens (tertiary/aromatic N) is 5. The summed E-state index contributed by atoms with van der Waals surface area (Å²) in [6, 6.07) is 9.40. The Kier molecular flexibility index (Phi) is 6.46. The summed E-state index contributed by atoms with van der Waals surface area (Å²) in [4.78, 5) is 30.0. The highest BCUT2D eigenvalue weighted by Gasteiger charge is 2.21. The fourth-order valence-corrected chi connectivity index (χ4v) is 3.22. The lowest BCUT2D eigenvalue weighted by atomic mass is 10.3. The molecule has 1 aromatic carbocycles. The molecular weight excluding hydrogens is 364 g/mol. The van der Waals surface area contributed by atoms with Crippen LogP contribution in [0.4, 0.5) is 17.6 Å². The van der Waals surface area contributed by atoms with Gasteiger partial charge in [-0.2, -0.15) is 15.0 Å². The third-order valence-electron chi connectivity index (χ3n) is 3.98. The second kappa shape index (κ2) is 9.01. The van der Waals surface area contributed by atoms with Crippen molar-refractivity contribution < 1.29 is 9.53 Å². The molecule has 0 bridgehead atoms. The number of amides is 1. The van der Waals surface area contributed by atoms with E-state index in [4.69, 9.17) is 4.74 Å². The highest BCUT2D eigenvalue weighted by molar-refractivity contribution is 8.00. The van der Waals surface area contributed by atoms with E-state index in [9.17, 15) is 4.79 Å². The van der Waals surface area contributed by atoms with Crippen molar-refractivity contribution in [1.82, 2.24) is 15.0 Å². The molecule has 8 nitrogen and oxygen atoms in total. The van der Waals surface area contributed by atoms with Crippen molar-refractivity contribution in [2.45, 2.75) is 17.3 Å². The first-order valence-corrected chi connectivity index (χ1v) is 9.69. The zero-order valence-corrected chi connectivity index (χ0v) is 16.6. The van der Waals surface area contributed by atoms with E-state index >= 15 is 0 Å². The largest absolute Gasteiger partial charge is 0.378 e. The maximum absolute atomic E-state index is 12.5. The standard InChI is InChI=1S/C18H24N6O2S/c1-13(15(25)19-14-7-5-4-6-8-14)27-18-21-16(23(2)3)20-17(22-18)24-9-11-26-12-10-24/h4-8,13H,9-12H2,1-3H3,(H,19,25)/t13-/m0/s1. The van der Waals surface area contributed by atoms with Crippen LogP contribution in [0.5, 0.6) is 0 Å². The highest BCUT2D eigenvalue weighted by atomic mass is 32.2. The summed E-state index contributed by atoms with van der Waals surface area (Å²) >= 11 is 1.32. The first kappa shape index (κ1) is 19.4. The number of nitrogens with one attached hydrogen (secondary N) is 1. The van der Waals surface area contributed by atoms with Gasteiger partial charge in [0.1, 0.15) is 0 Å². The molecule has 0 spiro atoms. The molecule has 1 fully saturated rings. The van der Waals surface area contributed by atoms with Gasteiger partial charge in [-0.15, -0.1) is 0 Å². The van der Waals surface area contributed by atoms with Gasteiger partial charge >= 0.3 is 0 Å². The van der Waals surface area contributed by atoms with Crippen molar-refractivity contribution >= 4 is 35.3 Å². The molecule has 1 atom stereocenters. The maximum atomic E-state index is 12.5. The molecule has 9 heteroatoms. The summed E-state index contributed by atoms with van der Waals surface area (Å²) in [5.41, 5.74) is 0.772. The molecule has 1 aromatic heterocycles. The number of hydrogen-bond acceptors (Lipinski definition) is 8. The third-order valence-corrected chi connectivity index (χ3v) is 4.94. The van der Waals surface area contributed by atoms with Crippen LogP contribution in [0.2, 0.25) is 0 Å². The summed E-state index contributed by atoms with van der Waals surface area (Å²) < 4.78 is 5.40. The topological polar surface area (TPSA) is 83.5 Å². The van der Waals surface area contributed by atoms with Gasteiger partial charge in [-0.25, -0.2) is 0 Å². The van der Waals surface area contributed by atoms with Crippen molar-refractivity contribution in [2.24, 2.45) is 0 Å². The Morgan fingerprint density at radius 3 is 2.56 bits per heavy atom. The molecule has 0 radical (unpaired) electrons. The van der Waals surface area contributed by atoms with E-state index in [0.29, 0.717) is 30.3 Å². The number of rotatable bonds is 6. The monoisotopic (exact) mass is 388 g/mol. The van der Waals surface area contributed by atoms with Crippen LogP contribution in [0.25, 0.3) is 0 Å². The molecule has 1 aliphatic rings. The Morgan fingerprint density at radius 2 is 1.89 bits per heavy atom. The van der Waals surface area contributed by atoms with Crippen molar-refractivity contribution in [3.05, 3.63) is 30.3 Å². The van der Waals surface area contributed by atoms with E-state index in [2.05, 4.69) is 25.2 Å². The SMILES string of the molecule is C[C@H](Sc1nc(N(C)C)nc(N2CCOCC2)n1)C(=O)Nc1ccccc1. The second-order valence-electron chi connectivity index (χ2n) is 6.33. The molecule has 1 saturated heterocycles. The van der Waals surface area contributed by atoms with Gasteiger partial charge < -0.3 is 19.9 Å². The highest BCUT2D eigenvalue weighted by Crippen LogP contribution is 2.24. The Morgan fingerprint density at radius 1 is 1.19 bits per heavy atom. The van der Waals surface area contributed by atoms with Crippen LogP contribution in [-0.2, 0) is 9.53 Å². The first-order chi connectivity index (χ1) is 13.0. The van der Waals surface area contributed by atoms with E-state index in [1.165, 1.54) is 11.8 Å². The van der Waals surface area contributed by atoms with Crippen molar-refractivity contribution in [1.29, 1.82) is 0 Å². The molecule has 3 rings (SSSR count). The number of anilines is 3. The van der Waals surface area contributed by atoms with Gasteiger partial charge in [0.2, 0.25) is 17.8 Å². The van der Waals surface area contributed by atoms with E-state index in [1.54, 1.807) is 0 Å². The Labute approximate surface area is 163 Å². The third kappa shape index (κ3) is 5.30. The minimum atomic E-state index is -0.347. The van der Waals surface area contributed by atoms with Crippen LogP contribution in [0.15, 0.2) is 35.5 Å². The summed E-state index contributed by atoms with van der Waals surface area (Å²) in [5.74, 6) is 1.10. The van der Waals surface area contributed by atoms with Gasteiger partial charge in [0.05, 0.1) is 18.5 Å². The van der Waals surface area contributed by atoms with Gasteiger partial charge in [-0.05, 0) is 19.1 Å². The summed E-state index contributed by atoms with van der Waals surface area (Å²) in [7, 11) is 3.77. The molecule has 1 N–H and O–H groups in total. The molecule has 27 heavy (non-hydrogen) atoms. The predicted molar refractivity (Wildman–Crippen MR) is 108 cm³/mol. The van der Waals surface area contributed by atoms with E-state index in [1.807, 2.05) is 56.3 Å². The number of thioether (sulfide) groups is 1. The number of carbonyl (C=O) groups excluding carboxylic acids is 1. The number of hydrogen-bond donors (Lipinski definition) is 1. The van der Waals surface area contributed by atoms with Crippen LogP contribution in [0.3, 0.4) is 0 Å². The van der Waals surface area contributed by atoms with Crippen LogP contribution in [0, 0.1) is 0 Å². The quantitative estimate of drug-likeness (QED) is 0.751. The molecule has 0 aliphatic carbocycles. The smallest absolute Gasteiger partial charge is 0.237 e. The lowest BCUT2D eigenvalue weighted by Gasteiger charge is -2.27. The van der Waals surface area contributed by atoms with Crippen LogP contribution in [-0.4, -0.2) is 66.5 Å². The maximum Gasteiger partial charge on any atom is 0.237 e. The summed E-state index contributed by atoms with van der Waals surface area (Å²) in [6.45, 7) is 4.63. The van der Waals surface area contributed by atoms with E-state index in [-0.39, 0.29) is 11.2 Å². The summed E-state index contributed by atoms with van der Waals surface area (Å²) in [5, 5.41) is 3.10. The normalized spacial score (nSPS) is 15.3. The zero-order chi connectivity index (χ0) is 19.2. The average molecular weight is 388 g/mol. The van der Waals surface area contributed by atoms with Gasteiger partial charge in [-0.3, -0.25) is 4.79 Å². The fourth-order valence-electron chi connectivity index (χ4n) is 2.47. The minimum Gasteiger partial charge on any atom is -0.378 e. The molecule has 2 aromatic rings. The lowest BCUT2D eigenvalue weighted by Crippen LogP contribution is -2.37. The second-order valence-corrected chi connectivity index (χ2v) is 7.64. The first-order valence-electron chi connectivity index (χ1n) is 8.81. The average Bonchev–Trinajstić information content (AvgIpc) is 2.69. The number of aromatic nitrogens is 3. The number of carbonyl (C=O) groups is 1. The Hall–Kier alpha value is -2.39. The number of para-hydroxylation sites is 1. The molecule has 144 valence electrons. The van der Waals surface area contributed by atoms with Gasteiger partial charge in [0, 0.05) is 32.9 Å². The molecule has 0 unspecified atom stereocenters. The molecule has 1 amide bonds. The van der Waals surface area contributed by atoms with Gasteiger partial charge in [-0.1, -0.05) is 30.0 Å². The summed E-state index contributed by atoms with van der Waals surface area (Å²) in [6.07, 6.45) is 0. The predicted octanol–water partition coefficient (Wildman–Crippen LogP) is 1.89. The Bertz CT molecular complexity index is 768. The minimum absolute atomic E-state index is 0.0917. The fraction of sp³-hybridized carbons (Fsp3) is 0.444. The zero-order valence-electron chi connectivity index (χ0n) is 15.8. The molecule has 2 heterocycles. The molecule has 1 aliphatic heterocycles. The lowest BCUT2D eigenvalue weighted by molar-refractivity contribution is -0.115. The molecule has 0 saturated carbocycles. The van der Waals surface area contributed by atoms with Crippen molar-refractivity contribution in [3.8, 4) is 0 Å². The van der Waals surface area contributed by atoms with E-state index < -0.39 is 0 Å². The van der Waals surface area contributed by atoms with Gasteiger partial charge in [0.15, 0.2) is 5.16 Å². The van der Waals surface area contributed by atoms with Crippen molar-refractivity contribution in [3.63, 3.8) is 0 Å². The number of ether oxygens (including phenoxy) is 1. The van der Waals surface area contributed by atoms with Crippen LogP contribution in [0.1, 0.15) is 6.92 Å². The van der Waals surface area contributed by atoms with Crippen LogP contribution < -0.4 is 15.1 Å².